The average Bonchev–Trinajstić information content (AvgIpc) is 2.65. The van der Waals surface area contributed by atoms with Gasteiger partial charge >= 0.3 is 0 Å². The van der Waals surface area contributed by atoms with E-state index in [1.807, 2.05) is 11.4 Å². The van der Waals surface area contributed by atoms with E-state index >= 15 is 0 Å². The number of thiophene rings is 1. The third-order valence-electron chi connectivity index (χ3n) is 2.47. The van der Waals surface area contributed by atoms with Gasteiger partial charge in [-0.05, 0) is 46.8 Å². The summed E-state index contributed by atoms with van der Waals surface area (Å²) in [6, 6.07) is 1.97. The third-order valence-corrected chi connectivity index (χ3v) is 4.32. The predicted octanol–water partition coefficient (Wildman–Crippen LogP) is 2.84. The number of hydrogen-bond acceptors (Lipinski definition) is 3. The van der Waals surface area contributed by atoms with Crippen molar-refractivity contribution in [2.75, 3.05) is 6.54 Å². The van der Waals surface area contributed by atoms with Crippen molar-refractivity contribution in [3.63, 3.8) is 0 Å². The third kappa shape index (κ3) is 2.07. The van der Waals surface area contributed by atoms with E-state index in [9.17, 15) is 4.79 Å². The Morgan fingerprint density at radius 3 is 3.00 bits per heavy atom. The second-order valence-electron chi connectivity index (χ2n) is 3.46. The quantitative estimate of drug-likeness (QED) is 0.840. The molecule has 0 aromatic carbocycles. The highest BCUT2D eigenvalue weighted by Crippen LogP contribution is 2.25. The van der Waals surface area contributed by atoms with Crippen LogP contribution in [-0.4, -0.2) is 18.4 Å². The summed E-state index contributed by atoms with van der Waals surface area (Å²) in [6.07, 6.45) is 3.32. The highest BCUT2D eigenvalue weighted by atomic mass is 79.9. The van der Waals surface area contributed by atoms with Gasteiger partial charge in [-0.3, -0.25) is 4.79 Å². The van der Waals surface area contributed by atoms with Crippen molar-refractivity contribution >= 4 is 33.0 Å². The molecule has 1 aliphatic rings. The molecule has 0 radical (unpaired) electrons. The first-order valence-corrected chi connectivity index (χ1v) is 6.47. The molecule has 1 atom stereocenters. The Hall–Kier alpha value is -0.190. The molecular weight excluding hydrogens is 262 g/mol. The van der Waals surface area contributed by atoms with Crippen molar-refractivity contribution < 1.29 is 4.79 Å². The lowest BCUT2D eigenvalue weighted by molar-refractivity contribution is 0.0930. The summed E-state index contributed by atoms with van der Waals surface area (Å²) in [5.74, 6) is 0.242. The van der Waals surface area contributed by atoms with E-state index in [0.717, 1.165) is 28.7 Å². The maximum absolute atomic E-state index is 12.0. The second-order valence-corrected chi connectivity index (χ2v) is 5.23. The number of nitrogens with one attached hydrogen (secondary N) is 1. The molecule has 1 aromatic heterocycles. The van der Waals surface area contributed by atoms with Gasteiger partial charge in [0.1, 0.15) is 0 Å². The Morgan fingerprint density at radius 1 is 1.57 bits per heavy atom. The van der Waals surface area contributed by atoms with Crippen molar-refractivity contribution in [2.45, 2.75) is 25.3 Å². The van der Waals surface area contributed by atoms with Crippen LogP contribution in [0.4, 0.5) is 0 Å². The Labute approximate surface area is 95.8 Å². The molecule has 0 spiro atoms. The molecular formula is C10H12BrNOS. The first-order valence-electron chi connectivity index (χ1n) is 4.79. The van der Waals surface area contributed by atoms with E-state index in [-0.39, 0.29) is 11.8 Å². The fourth-order valence-electron chi connectivity index (χ4n) is 1.70. The maximum atomic E-state index is 12.0. The molecule has 2 heterocycles. The van der Waals surface area contributed by atoms with Crippen LogP contribution in [0.25, 0.3) is 0 Å². The molecule has 0 amide bonds. The molecule has 1 aliphatic heterocycles. The number of carbonyl (C=O) groups excluding carboxylic acids is 1. The minimum absolute atomic E-state index is 0.0405. The lowest BCUT2D eigenvalue weighted by Crippen LogP contribution is -2.40. The maximum Gasteiger partial charge on any atom is 0.190 e. The molecule has 1 unspecified atom stereocenters. The Kier molecular flexibility index (Phi) is 3.36. The summed E-state index contributed by atoms with van der Waals surface area (Å²) < 4.78 is 0.930. The zero-order valence-corrected chi connectivity index (χ0v) is 10.2. The highest BCUT2D eigenvalue weighted by molar-refractivity contribution is 9.10. The number of piperidine rings is 1. The molecule has 1 saturated heterocycles. The van der Waals surface area contributed by atoms with Gasteiger partial charge in [-0.15, -0.1) is 11.3 Å². The van der Waals surface area contributed by atoms with E-state index in [0.29, 0.717) is 0 Å². The summed E-state index contributed by atoms with van der Waals surface area (Å²) in [4.78, 5) is 12.9. The number of halogens is 1. The van der Waals surface area contributed by atoms with E-state index in [1.165, 1.54) is 17.8 Å². The largest absolute Gasteiger partial charge is 0.307 e. The first-order chi connectivity index (χ1) is 6.79. The lowest BCUT2D eigenvalue weighted by atomic mass is 10.0. The molecule has 2 rings (SSSR count). The van der Waals surface area contributed by atoms with Gasteiger partial charge in [0.2, 0.25) is 0 Å². The van der Waals surface area contributed by atoms with Crippen molar-refractivity contribution in [2.24, 2.45) is 0 Å². The standard InChI is InChI=1S/C10H12BrNOS/c11-7-4-6-14-10(7)9(13)8-3-1-2-5-12-8/h4,6,8,12H,1-3,5H2. The van der Waals surface area contributed by atoms with Gasteiger partial charge in [0.15, 0.2) is 5.78 Å². The summed E-state index contributed by atoms with van der Waals surface area (Å²) in [5.41, 5.74) is 0. The molecule has 4 heteroatoms. The van der Waals surface area contributed by atoms with Gasteiger partial charge in [0.25, 0.3) is 0 Å². The number of hydrogen-bond donors (Lipinski definition) is 1. The van der Waals surface area contributed by atoms with Crippen LogP contribution in [0.3, 0.4) is 0 Å². The van der Waals surface area contributed by atoms with Gasteiger partial charge in [-0.1, -0.05) is 6.42 Å². The van der Waals surface area contributed by atoms with Gasteiger partial charge in [0.05, 0.1) is 10.9 Å². The molecule has 1 fully saturated rings. The van der Waals surface area contributed by atoms with Crippen LogP contribution < -0.4 is 5.32 Å². The van der Waals surface area contributed by atoms with Crippen LogP contribution in [0, 0.1) is 0 Å². The molecule has 14 heavy (non-hydrogen) atoms. The smallest absolute Gasteiger partial charge is 0.190 e. The zero-order valence-electron chi connectivity index (χ0n) is 7.75. The van der Waals surface area contributed by atoms with Crippen molar-refractivity contribution in [1.29, 1.82) is 0 Å². The Balaban J connectivity index is 2.11. The minimum Gasteiger partial charge on any atom is -0.307 e. The first kappa shape index (κ1) is 10.3. The van der Waals surface area contributed by atoms with Gasteiger partial charge in [-0.25, -0.2) is 0 Å². The number of carbonyl (C=O) groups is 1. The van der Waals surface area contributed by atoms with Crippen LogP contribution >= 0.6 is 27.3 Å². The van der Waals surface area contributed by atoms with E-state index in [4.69, 9.17) is 0 Å². The molecule has 2 nitrogen and oxygen atoms in total. The fourth-order valence-corrected chi connectivity index (χ4v) is 3.27. The Bertz CT molecular complexity index is 331. The van der Waals surface area contributed by atoms with Gasteiger partial charge in [-0.2, -0.15) is 0 Å². The zero-order chi connectivity index (χ0) is 9.97. The average molecular weight is 274 g/mol. The van der Waals surface area contributed by atoms with Gasteiger partial charge in [0, 0.05) is 4.47 Å². The second kappa shape index (κ2) is 4.55. The lowest BCUT2D eigenvalue weighted by Gasteiger charge is -2.21. The molecule has 1 N–H and O–H groups in total. The van der Waals surface area contributed by atoms with Crippen molar-refractivity contribution in [3.8, 4) is 0 Å². The Morgan fingerprint density at radius 2 is 2.43 bits per heavy atom. The molecule has 76 valence electrons. The van der Waals surface area contributed by atoms with Crippen LogP contribution in [0.2, 0.25) is 0 Å². The minimum atomic E-state index is 0.0405. The topological polar surface area (TPSA) is 29.1 Å². The van der Waals surface area contributed by atoms with Crippen LogP contribution in [0.15, 0.2) is 15.9 Å². The summed E-state index contributed by atoms with van der Waals surface area (Å²) in [5, 5.41) is 5.22. The normalized spacial score (nSPS) is 22.2. The van der Waals surface area contributed by atoms with Gasteiger partial charge < -0.3 is 5.32 Å². The summed E-state index contributed by atoms with van der Waals surface area (Å²) in [6.45, 7) is 0.972. The molecule has 0 saturated carbocycles. The molecule has 0 bridgehead atoms. The highest BCUT2D eigenvalue weighted by Gasteiger charge is 2.23. The van der Waals surface area contributed by atoms with Crippen LogP contribution in [-0.2, 0) is 0 Å². The predicted molar refractivity (Wildman–Crippen MR) is 62.0 cm³/mol. The number of Topliss-reactive ketones (excluding diaryl/α,β-unsaturated/α-hetero) is 1. The molecule has 1 aromatic rings. The van der Waals surface area contributed by atoms with Crippen molar-refractivity contribution in [3.05, 3.63) is 20.8 Å². The number of rotatable bonds is 2. The van der Waals surface area contributed by atoms with E-state index in [1.54, 1.807) is 0 Å². The van der Waals surface area contributed by atoms with E-state index < -0.39 is 0 Å². The summed E-state index contributed by atoms with van der Waals surface area (Å²) in [7, 11) is 0. The van der Waals surface area contributed by atoms with E-state index in [2.05, 4.69) is 21.2 Å². The fraction of sp³-hybridized carbons (Fsp3) is 0.500. The SMILES string of the molecule is O=C(c1sccc1Br)C1CCCCN1. The monoisotopic (exact) mass is 273 g/mol. The van der Waals surface area contributed by atoms with Crippen LogP contribution in [0.1, 0.15) is 28.9 Å². The van der Waals surface area contributed by atoms with Crippen molar-refractivity contribution in [1.82, 2.24) is 5.32 Å². The number of ketones is 1. The molecule has 0 aliphatic carbocycles. The summed E-state index contributed by atoms with van der Waals surface area (Å²) >= 11 is 4.91. The van der Waals surface area contributed by atoms with Crippen LogP contribution in [0.5, 0.6) is 0 Å².